The van der Waals surface area contributed by atoms with E-state index in [-0.39, 0.29) is 0 Å². The summed E-state index contributed by atoms with van der Waals surface area (Å²) in [7, 11) is 0. The van der Waals surface area contributed by atoms with Crippen molar-refractivity contribution >= 4 is 22.4 Å². The number of rotatable bonds is 4. The van der Waals surface area contributed by atoms with Crippen molar-refractivity contribution in [2.24, 2.45) is 0 Å². The van der Waals surface area contributed by atoms with E-state index in [1.165, 1.54) is 5.56 Å². The fourth-order valence-corrected chi connectivity index (χ4v) is 4.01. The Balaban J connectivity index is 1.39. The van der Waals surface area contributed by atoms with Crippen molar-refractivity contribution in [3.8, 4) is 22.0 Å². The minimum Gasteiger partial charge on any atom is -0.338 e. The minimum absolute atomic E-state index is 0.869. The zero-order valence-corrected chi connectivity index (χ0v) is 15.4. The number of nitrogens with one attached hydrogen (secondary N) is 1. The first kappa shape index (κ1) is 16.0. The molecule has 0 saturated carbocycles. The van der Waals surface area contributed by atoms with Gasteiger partial charge in [0.2, 0.25) is 0 Å². The molecule has 2 aromatic heterocycles. The van der Waals surface area contributed by atoms with E-state index in [9.17, 15) is 0 Å². The molecule has 5 aromatic rings. The number of para-hydroxylation sites is 2. The van der Waals surface area contributed by atoms with Gasteiger partial charge in [0.05, 0.1) is 16.7 Å². The minimum atomic E-state index is 0.869. The average molecular weight is 367 g/mol. The van der Waals surface area contributed by atoms with Crippen LogP contribution in [0.1, 0.15) is 11.3 Å². The maximum Gasteiger partial charge on any atom is 0.138 e. The number of nitrogens with zero attached hydrogens (tertiary/aromatic N) is 2. The van der Waals surface area contributed by atoms with Gasteiger partial charge < -0.3 is 4.98 Å². The lowest BCUT2D eigenvalue weighted by Gasteiger charge is -2.00. The Bertz CT molecular complexity index is 1150. The highest BCUT2D eigenvalue weighted by Gasteiger charge is 2.08. The molecule has 0 bridgehead atoms. The van der Waals surface area contributed by atoms with Crippen LogP contribution in [-0.2, 0) is 6.42 Å². The fourth-order valence-electron chi connectivity index (χ4n) is 3.19. The molecule has 2 heterocycles. The molecule has 1 N–H and O–H groups in total. The summed E-state index contributed by atoms with van der Waals surface area (Å²) in [6.45, 7) is 0. The van der Waals surface area contributed by atoms with Gasteiger partial charge >= 0.3 is 0 Å². The second-order valence-electron chi connectivity index (χ2n) is 6.49. The van der Waals surface area contributed by atoms with Gasteiger partial charge in [-0.3, -0.25) is 0 Å². The number of aromatic amines is 1. The zero-order valence-electron chi connectivity index (χ0n) is 14.6. The summed E-state index contributed by atoms with van der Waals surface area (Å²) in [5.41, 5.74) is 6.66. The monoisotopic (exact) mass is 367 g/mol. The first-order valence-corrected chi connectivity index (χ1v) is 9.77. The first-order chi connectivity index (χ1) is 13.3. The molecule has 0 unspecified atom stereocenters. The highest BCUT2D eigenvalue weighted by molar-refractivity contribution is 7.13. The fraction of sp³-hybridized carbons (Fsp3) is 0.0435. The third-order valence-electron chi connectivity index (χ3n) is 4.57. The summed E-state index contributed by atoms with van der Waals surface area (Å²) in [6.07, 6.45) is 0.869. The van der Waals surface area contributed by atoms with Crippen molar-refractivity contribution in [2.75, 3.05) is 0 Å². The van der Waals surface area contributed by atoms with Gasteiger partial charge in [0.1, 0.15) is 10.8 Å². The van der Waals surface area contributed by atoms with Gasteiger partial charge in [0.15, 0.2) is 0 Å². The van der Waals surface area contributed by atoms with E-state index in [1.54, 1.807) is 11.3 Å². The smallest absolute Gasteiger partial charge is 0.138 e. The lowest BCUT2D eigenvalue weighted by atomic mass is 10.1. The SMILES string of the molecule is c1ccc(Cc2csc(-c3ccc(-c4nc5ccccc5[nH]4)cc3)n2)cc1. The van der Waals surface area contributed by atoms with Gasteiger partial charge in [0.25, 0.3) is 0 Å². The van der Waals surface area contributed by atoms with Gasteiger partial charge in [-0.2, -0.15) is 0 Å². The molecular weight excluding hydrogens is 350 g/mol. The third kappa shape index (κ3) is 3.27. The predicted molar refractivity (Wildman–Crippen MR) is 112 cm³/mol. The van der Waals surface area contributed by atoms with Crippen LogP contribution in [0.5, 0.6) is 0 Å². The Morgan fingerprint density at radius 1 is 0.741 bits per heavy atom. The zero-order chi connectivity index (χ0) is 18.1. The Labute approximate surface area is 161 Å². The van der Waals surface area contributed by atoms with Gasteiger partial charge in [-0.25, -0.2) is 9.97 Å². The normalized spacial score (nSPS) is 11.1. The maximum atomic E-state index is 4.81. The van der Waals surface area contributed by atoms with E-state index in [4.69, 9.17) is 4.98 Å². The molecule has 0 atom stereocenters. The molecular formula is C23H17N3S. The predicted octanol–water partition coefficient (Wildman–Crippen LogP) is 5.94. The van der Waals surface area contributed by atoms with Crippen LogP contribution in [-0.4, -0.2) is 15.0 Å². The molecule has 130 valence electrons. The number of benzene rings is 3. The van der Waals surface area contributed by atoms with Crippen molar-refractivity contribution in [1.82, 2.24) is 15.0 Å². The third-order valence-corrected chi connectivity index (χ3v) is 5.51. The molecule has 0 amide bonds. The number of hydrogen-bond donors (Lipinski definition) is 1. The highest BCUT2D eigenvalue weighted by atomic mass is 32.1. The summed E-state index contributed by atoms with van der Waals surface area (Å²) in [5, 5.41) is 3.20. The van der Waals surface area contributed by atoms with Crippen molar-refractivity contribution in [3.63, 3.8) is 0 Å². The van der Waals surface area contributed by atoms with E-state index in [0.717, 1.165) is 45.1 Å². The molecule has 3 nitrogen and oxygen atoms in total. The highest BCUT2D eigenvalue weighted by Crippen LogP contribution is 2.27. The number of hydrogen-bond acceptors (Lipinski definition) is 3. The summed E-state index contributed by atoms with van der Waals surface area (Å²) >= 11 is 1.69. The largest absolute Gasteiger partial charge is 0.338 e. The molecule has 0 radical (unpaired) electrons. The second kappa shape index (κ2) is 6.82. The average Bonchev–Trinajstić information content (AvgIpc) is 3.36. The molecule has 0 aliphatic carbocycles. The molecule has 0 spiro atoms. The Kier molecular flexibility index (Phi) is 4.03. The van der Waals surface area contributed by atoms with E-state index in [0.29, 0.717) is 0 Å². The molecule has 27 heavy (non-hydrogen) atoms. The molecule has 0 aliphatic rings. The van der Waals surface area contributed by atoms with Crippen LogP contribution in [0.3, 0.4) is 0 Å². The van der Waals surface area contributed by atoms with Gasteiger partial charge in [-0.1, -0.05) is 66.7 Å². The Hall–Kier alpha value is -3.24. The van der Waals surface area contributed by atoms with E-state index in [2.05, 4.69) is 63.9 Å². The maximum absolute atomic E-state index is 4.81. The van der Waals surface area contributed by atoms with E-state index in [1.807, 2.05) is 30.3 Å². The van der Waals surface area contributed by atoms with E-state index < -0.39 is 0 Å². The summed E-state index contributed by atoms with van der Waals surface area (Å²) < 4.78 is 0. The lowest BCUT2D eigenvalue weighted by Crippen LogP contribution is -1.88. The molecule has 0 fully saturated rings. The molecule has 0 saturated heterocycles. The molecule has 5 rings (SSSR count). The van der Waals surface area contributed by atoms with Crippen LogP contribution in [0, 0.1) is 0 Å². The number of fused-ring (bicyclic) bond motifs is 1. The van der Waals surface area contributed by atoms with Crippen molar-refractivity contribution in [3.05, 3.63) is 95.5 Å². The first-order valence-electron chi connectivity index (χ1n) is 8.89. The van der Waals surface area contributed by atoms with Crippen LogP contribution in [0.25, 0.3) is 33.0 Å². The standard InChI is InChI=1S/C23H17N3S/c1-2-6-16(7-3-1)14-19-15-27-23(24-19)18-12-10-17(11-13-18)22-25-20-8-4-5-9-21(20)26-22/h1-13,15H,14H2,(H,25,26). The second-order valence-corrected chi connectivity index (χ2v) is 7.34. The number of H-pyrrole nitrogens is 1. The molecule has 3 aromatic carbocycles. The molecule has 4 heteroatoms. The number of aromatic nitrogens is 3. The van der Waals surface area contributed by atoms with Crippen LogP contribution < -0.4 is 0 Å². The van der Waals surface area contributed by atoms with Gasteiger partial charge in [0, 0.05) is 22.9 Å². The topological polar surface area (TPSA) is 41.6 Å². The van der Waals surface area contributed by atoms with Gasteiger partial charge in [-0.05, 0) is 17.7 Å². The summed E-state index contributed by atoms with van der Waals surface area (Å²) in [4.78, 5) is 12.9. The van der Waals surface area contributed by atoms with E-state index >= 15 is 0 Å². The van der Waals surface area contributed by atoms with Crippen LogP contribution in [0.15, 0.2) is 84.2 Å². The van der Waals surface area contributed by atoms with Crippen molar-refractivity contribution < 1.29 is 0 Å². The van der Waals surface area contributed by atoms with Crippen molar-refractivity contribution in [1.29, 1.82) is 0 Å². The number of imidazole rings is 1. The van der Waals surface area contributed by atoms with Gasteiger partial charge in [-0.15, -0.1) is 11.3 Å². The summed E-state index contributed by atoms with van der Waals surface area (Å²) in [6, 6.07) is 27.0. The quantitative estimate of drug-likeness (QED) is 0.427. The van der Waals surface area contributed by atoms with Crippen LogP contribution in [0.2, 0.25) is 0 Å². The van der Waals surface area contributed by atoms with Crippen molar-refractivity contribution in [2.45, 2.75) is 6.42 Å². The number of thiazole rings is 1. The lowest BCUT2D eigenvalue weighted by molar-refractivity contribution is 1.11. The summed E-state index contributed by atoms with van der Waals surface area (Å²) in [5.74, 6) is 0.895. The Morgan fingerprint density at radius 3 is 2.30 bits per heavy atom. The van der Waals surface area contributed by atoms with Crippen LogP contribution >= 0.6 is 11.3 Å². The Morgan fingerprint density at radius 2 is 1.48 bits per heavy atom. The van der Waals surface area contributed by atoms with Crippen LogP contribution in [0.4, 0.5) is 0 Å². The molecule has 0 aliphatic heterocycles.